The highest BCUT2D eigenvalue weighted by Crippen LogP contribution is 2.39. The second-order valence-electron chi connectivity index (χ2n) is 7.82. The minimum Gasteiger partial charge on any atom is -0.456 e. The SMILES string of the molecule is CCC(C)(CC(C)(C)C(=O)OC(O)C(=O)OC(C(F)(F)F)C(F)(F)F)C(=O)OCC(F)(F)F. The van der Waals surface area contributed by atoms with Crippen molar-refractivity contribution in [2.75, 3.05) is 6.61 Å². The highest BCUT2D eigenvalue weighted by Gasteiger charge is 2.60. The van der Waals surface area contributed by atoms with E-state index in [1.54, 1.807) is 0 Å². The molecule has 0 radical (unpaired) electrons. The number of carbonyl (C=O) groups excluding carboxylic acids is 3. The van der Waals surface area contributed by atoms with Crippen molar-refractivity contribution in [3.63, 3.8) is 0 Å². The molecule has 194 valence electrons. The minimum absolute atomic E-state index is 0.163. The molecule has 0 aromatic carbocycles. The van der Waals surface area contributed by atoms with Crippen LogP contribution in [0.1, 0.15) is 40.5 Å². The van der Waals surface area contributed by atoms with Crippen molar-refractivity contribution in [2.45, 2.75) is 71.5 Å². The Bertz CT molecular complexity index is 699. The normalized spacial score (nSPS) is 16.1. The summed E-state index contributed by atoms with van der Waals surface area (Å²) in [5.74, 6) is -5.52. The smallest absolute Gasteiger partial charge is 0.434 e. The first-order valence-electron chi connectivity index (χ1n) is 8.93. The summed E-state index contributed by atoms with van der Waals surface area (Å²) < 4.78 is 123. The van der Waals surface area contributed by atoms with E-state index in [4.69, 9.17) is 0 Å². The first-order valence-corrected chi connectivity index (χ1v) is 8.93. The number of hydrogen-bond donors (Lipinski definition) is 1. The van der Waals surface area contributed by atoms with Gasteiger partial charge in [-0.1, -0.05) is 6.92 Å². The summed E-state index contributed by atoms with van der Waals surface area (Å²) in [6, 6.07) is 0. The highest BCUT2D eigenvalue weighted by atomic mass is 19.4. The topological polar surface area (TPSA) is 99.1 Å². The van der Waals surface area contributed by atoms with Crippen molar-refractivity contribution in [1.29, 1.82) is 0 Å². The molecule has 0 saturated heterocycles. The Morgan fingerprint density at radius 1 is 0.818 bits per heavy atom. The second-order valence-corrected chi connectivity index (χ2v) is 7.82. The van der Waals surface area contributed by atoms with Gasteiger partial charge < -0.3 is 19.3 Å². The Balaban J connectivity index is 5.34. The van der Waals surface area contributed by atoms with E-state index in [2.05, 4.69) is 14.2 Å². The van der Waals surface area contributed by atoms with Crippen LogP contribution in [0.25, 0.3) is 0 Å². The molecule has 33 heavy (non-hydrogen) atoms. The maximum atomic E-state index is 12.4. The number of rotatable bonds is 9. The lowest BCUT2D eigenvalue weighted by Gasteiger charge is -2.34. The Kier molecular flexibility index (Phi) is 9.63. The van der Waals surface area contributed by atoms with Crippen LogP contribution in [-0.4, -0.2) is 60.5 Å². The number of aliphatic hydroxyl groups excluding tert-OH is 1. The van der Waals surface area contributed by atoms with Crippen LogP contribution in [0.2, 0.25) is 0 Å². The molecule has 1 N–H and O–H groups in total. The molecular weight excluding hydrogens is 487 g/mol. The average Bonchev–Trinajstić information content (AvgIpc) is 2.60. The predicted molar refractivity (Wildman–Crippen MR) is 87.9 cm³/mol. The van der Waals surface area contributed by atoms with Crippen molar-refractivity contribution >= 4 is 17.9 Å². The standard InChI is InChI=1S/C17H21F9O7/c1-5-14(4,12(30)31-7-15(18,19)20)6-13(2,3)11(29)33-9(28)8(27)32-10(16(21,22)23)17(24,25)26/h9-10,28H,5-7H2,1-4H3. The largest absolute Gasteiger partial charge is 0.456 e. The van der Waals surface area contributed by atoms with E-state index in [0.717, 1.165) is 20.8 Å². The van der Waals surface area contributed by atoms with Crippen LogP contribution in [-0.2, 0) is 28.6 Å². The van der Waals surface area contributed by atoms with Gasteiger partial charge in [0.05, 0.1) is 10.8 Å². The van der Waals surface area contributed by atoms with Crippen molar-refractivity contribution in [2.24, 2.45) is 10.8 Å². The Morgan fingerprint density at radius 3 is 1.64 bits per heavy atom. The lowest BCUT2D eigenvalue weighted by Crippen LogP contribution is -2.48. The van der Waals surface area contributed by atoms with Gasteiger partial charge in [0.15, 0.2) is 6.61 Å². The van der Waals surface area contributed by atoms with Crippen LogP contribution in [0.3, 0.4) is 0 Å². The number of alkyl halides is 9. The summed E-state index contributed by atoms with van der Waals surface area (Å²) in [4.78, 5) is 35.7. The van der Waals surface area contributed by atoms with Gasteiger partial charge in [-0.15, -0.1) is 0 Å². The molecule has 7 nitrogen and oxygen atoms in total. The van der Waals surface area contributed by atoms with Crippen molar-refractivity contribution in [1.82, 2.24) is 0 Å². The van der Waals surface area contributed by atoms with Crippen LogP contribution in [0.5, 0.6) is 0 Å². The summed E-state index contributed by atoms with van der Waals surface area (Å²) >= 11 is 0. The van der Waals surface area contributed by atoms with Gasteiger partial charge in [0.1, 0.15) is 0 Å². The van der Waals surface area contributed by atoms with Gasteiger partial charge in [-0.2, -0.15) is 39.5 Å². The number of hydrogen-bond acceptors (Lipinski definition) is 7. The summed E-state index contributed by atoms with van der Waals surface area (Å²) in [6.45, 7) is 2.63. The molecule has 2 atom stereocenters. The van der Waals surface area contributed by atoms with Crippen LogP contribution in [0.15, 0.2) is 0 Å². The third-order valence-corrected chi connectivity index (χ3v) is 4.27. The van der Waals surface area contributed by atoms with E-state index >= 15 is 0 Å². The zero-order valence-electron chi connectivity index (χ0n) is 17.6. The molecule has 16 heteroatoms. The number of esters is 3. The third-order valence-electron chi connectivity index (χ3n) is 4.27. The van der Waals surface area contributed by atoms with Crippen LogP contribution in [0.4, 0.5) is 39.5 Å². The fraction of sp³-hybridized carbons (Fsp3) is 0.824. The number of halogens is 9. The van der Waals surface area contributed by atoms with E-state index in [0.29, 0.717) is 0 Å². The molecule has 0 aliphatic rings. The number of aliphatic hydroxyl groups is 1. The van der Waals surface area contributed by atoms with Crippen LogP contribution in [0, 0.1) is 10.8 Å². The quantitative estimate of drug-likeness (QED) is 0.219. The molecule has 0 aliphatic carbocycles. The van der Waals surface area contributed by atoms with Gasteiger partial charge in [0.25, 0.3) is 12.4 Å². The van der Waals surface area contributed by atoms with E-state index in [1.165, 1.54) is 6.92 Å². The van der Waals surface area contributed by atoms with Gasteiger partial charge >= 0.3 is 36.4 Å². The van der Waals surface area contributed by atoms with Crippen LogP contribution >= 0.6 is 0 Å². The molecule has 0 aromatic heterocycles. The molecule has 0 amide bonds. The van der Waals surface area contributed by atoms with Crippen molar-refractivity contribution in [3.05, 3.63) is 0 Å². The summed E-state index contributed by atoms with van der Waals surface area (Å²) in [5, 5.41) is 9.40. The highest BCUT2D eigenvalue weighted by molar-refractivity contribution is 5.83. The molecule has 0 bridgehead atoms. The fourth-order valence-electron chi connectivity index (χ4n) is 2.51. The van der Waals surface area contributed by atoms with Gasteiger partial charge in [-0.3, -0.25) is 9.59 Å². The Labute approximate surface area is 181 Å². The first-order chi connectivity index (χ1) is 14.5. The summed E-state index contributed by atoms with van der Waals surface area (Å²) in [6.07, 6.45) is -25.6. The first kappa shape index (κ1) is 30.7. The predicted octanol–water partition coefficient (Wildman–Crippen LogP) is 3.82. The molecule has 0 fully saturated rings. The molecule has 0 rings (SSSR count). The minimum atomic E-state index is -6.09. The molecule has 0 heterocycles. The summed E-state index contributed by atoms with van der Waals surface area (Å²) in [7, 11) is 0. The number of carbonyl (C=O) groups is 3. The molecule has 2 unspecified atom stereocenters. The monoisotopic (exact) mass is 508 g/mol. The molecule has 0 spiro atoms. The zero-order valence-corrected chi connectivity index (χ0v) is 17.6. The molecule has 0 aliphatic heterocycles. The third kappa shape index (κ3) is 9.63. The van der Waals surface area contributed by atoms with Gasteiger partial charge in [0, 0.05) is 0 Å². The zero-order chi connectivity index (χ0) is 26.6. The average molecular weight is 508 g/mol. The van der Waals surface area contributed by atoms with E-state index in [-0.39, 0.29) is 6.42 Å². The molecule has 0 saturated carbocycles. The summed E-state index contributed by atoms with van der Waals surface area (Å²) in [5.41, 5.74) is -3.60. The van der Waals surface area contributed by atoms with Crippen molar-refractivity contribution in [3.8, 4) is 0 Å². The number of ether oxygens (including phenoxy) is 3. The van der Waals surface area contributed by atoms with Gasteiger partial charge in [0.2, 0.25) is 0 Å². The second kappa shape index (κ2) is 10.3. The lowest BCUT2D eigenvalue weighted by atomic mass is 9.72. The molecule has 0 aromatic rings. The maximum absolute atomic E-state index is 12.4. The van der Waals surface area contributed by atoms with E-state index < -0.39 is 72.7 Å². The lowest BCUT2D eigenvalue weighted by molar-refractivity contribution is -0.317. The van der Waals surface area contributed by atoms with Crippen LogP contribution < -0.4 is 0 Å². The maximum Gasteiger partial charge on any atom is 0.434 e. The van der Waals surface area contributed by atoms with E-state index in [9.17, 15) is 59.0 Å². The van der Waals surface area contributed by atoms with E-state index in [1.807, 2.05) is 0 Å². The Hall–Kier alpha value is -2.26. The molecular formula is C17H21F9O7. The van der Waals surface area contributed by atoms with Gasteiger partial charge in [-0.25, -0.2) is 4.79 Å². The fourth-order valence-corrected chi connectivity index (χ4v) is 2.51. The van der Waals surface area contributed by atoms with Gasteiger partial charge in [-0.05, 0) is 33.6 Å². The Morgan fingerprint density at radius 2 is 1.27 bits per heavy atom. The van der Waals surface area contributed by atoms with Crippen molar-refractivity contribution < 1.29 is 73.2 Å².